The van der Waals surface area contributed by atoms with Crippen molar-refractivity contribution in [3.63, 3.8) is 0 Å². The van der Waals surface area contributed by atoms with E-state index >= 15 is 0 Å². The van der Waals surface area contributed by atoms with Crippen LogP contribution in [0.25, 0.3) is 0 Å². The number of hydrogen-bond donors (Lipinski definition) is 1. The fraction of sp³-hybridized carbons (Fsp3) is 0.409. The van der Waals surface area contributed by atoms with Gasteiger partial charge < -0.3 is 10.1 Å². The van der Waals surface area contributed by atoms with Gasteiger partial charge in [-0.1, -0.05) is 44.2 Å². The number of anilines is 1. The smallest absolute Gasteiger partial charge is 0.263 e. The van der Waals surface area contributed by atoms with Gasteiger partial charge in [-0.05, 0) is 48.6 Å². The summed E-state index contributed by atoms with van der Waals surface area (Å²) in [5, 5.41) is 2.93. The molecule has 29 heavy (non-hydrogen) atoms. The average Bonchev–Trinajstić information content (AvgIpc) is 2.76. The number of para-hydroxylation sites is 2. The van der Waals surface area contributed by atoms with Gasteiger partial charge >= 0.3 is 0 Å². The minimum absolute atomic E-state index is 0.0331. The fourth-order valence-electron chi connectivity index (χ4n) is 3.46. The van der Waals surface area contributed by atoms with Crippen molar-refractivity contribution in [2.75, 3.05) is 16.6 Å². The number of rotatable bonds is 7. The molecule has 0 fully saturated rings. The number of nitrogens with one attached hydrogen (secondary N) is 1. The third-order valence-corrected chi connectivity index (χ3v) is 6.99. The van der Waals surface area contributed by atoms with Crippen LogP contribution < -0.4 is 14.4 Å². The molecule has 0 saturated heterocycles. The predicted octanol–water partition coefficient (Wildman–Crippen LogP) is 3.04. The molecule has 3 rings (SSSR count). The first kappa shape index (κ1) is 21.2. The van der Waals surface area contributed by atoms with Crippen molar-refractivity contribution < 1.29 is 17.9 Å². The second kappa shape index (κ2) is 8.86. The molecule has 2 aromatic carbocycles. The monoisotopic (exact) mass is 416 g/mol. The Morgan fingerprint density at radius 3 is 2.55 bits per heavy atom. The minimum Gasteiger partial charge on any atom is -0.476 e. The number of carbonyl (C=O) groups excluding carboxylic acids is 1. The maximum atomic E-state index is 12.8. The Bertz CT molecular complexity index is 988. The molecule has 1 unspecified atom stereocenters. The molecule has 1 N–H and O–H groups in total. The van der Waals surface area contributed by atoms with Crippen LogP contribution in [0.5, 0.6) is 5.75 Å². The van der Waals surface area contributed by atoms with E-state index in [-0.39, 0.29) is 18.2 Å². The molecule has 1 heterocycles. The van der Waals surface area contributed by atoms with E-state index in [0.717, 1.165) is 18.4 Å². The first-order chi connectivity index (χ1) is 13.9. The summed E-state index contributed by atoms with van der Waals surface area (Å²) in [5.74, 6) is 0.0391. The van der Waals surface area contributed by atoms with Crippen LogP contribution in [0.15, 0.2) is 42.5 Å². The fourth-order valence-corrected chi connectivity index (χ4v) is 4.59. The molecule has 0 spiro atoms. The maximum absolute atomic E-state index is 12.8. The minimum atomic E-state index is -3.51. The highest BCUT2D eigenvalue weighted by Gasteiger charge is 2.35. The van der Waals surface area contributed by atoms with Gasteiger partial charge in [0.1, 0.15) is 5.75 Å². The van der Waals surface area contributed by atoms with Gasteiger partial charge in [0.05, 0.1) is 18.0 Å². The number of carbonyl (C=O) groups is 1. The highest BCUT2D eigenvalue weighted by molar-refractivity contribution is 7.92. The molecule has 6 nitrogen and oxygen atoms in total. The van der Waals surface area contributed by atoms with Gasteiger partial charge in [-0.3, -0.25) is 9.10 Å². The number of nitrogens with zero attached hydrogens (tertiary/aromatic N) is 1. The zero-order chi connectivity index (χ0) is 21.0. The molecule has 156 valence electrons. The van der Waals surface area contributed by atoms with E-state index in [1.54, 1.807) is 31.2 Å². The van der Waals surface area contributed by atoms with Crippen molar-refractivity contribution in [2.45, 2.75) is 46.3 Å². The summed E-state index contributed by atoms with van der Waals surface area (Å²) < 4.78 is 32.2. The third-order valence-electron chi connectivity index (χ3n) is 5.24. The SMILES string of the molecule is CCc1ccc(CC)c(CNC(=O)C2CN(S(=O)(=O)CC)c3ccccc3O2)c1. The van der Waals surface area contributed by atoms with E-state index in [1.165, 1.54) is 15.4 Å². The summed E-state index contributed by atoms with van der Waals surface area (Å²) in [5.41, 5.74) is 3.96. The second-order valence-corrected chi connectivity index (χ2v) is 9.22. The van der Waals surface area contributed by atoms with Crippen LogP contribution in [0, 0.1) is 0 Å². The lowest BCUT2D eigenvalue weighted by Gasteiger charge is -2.34. The van der Waals surface area contributed by atoms with Crippen molar-refractivity contribution in [1.82, 2.24) is 5.32 Å². The topological polar surface area (TPSA) is 75.7 Å². The molecular weight excluding hydrogens is 388 g/mol. The molecule has 0 saturated carbocycles. The first-order valence-electron chi connectivity index (χ1n) is 10.0. The van der Waals surface area contributed by atoms with Crippen molar-refractivity contribution in [3.8, 4) is 5.75 Å². The Morgan fingerprint density at radius 1 is 1.10 bits per heavy atom. The van der Waals surface area contributed by atoms with E-state index in [0.29, 0.717) is 18.0 Å². The first-order valence-corrected chi connectivity index (χ1v) is 11.6. The maximum Gasteiger partial charge on any atom is 0.263 e. The molecule has 0 aromatic heterocycles. The Balaban J connectivity index is 1.79. The molecule has 0 aliphatic carbocycles. The molecular formula is C22H28N2O4S. The van der Waals surface area contributed by atoms with Gasteiger partial charge in [0.15, 0.2) is 6.10 Å². The Hall–Kier alpha value is -2.54. The third kappa shape index (κ3) is 4.56. The summed E-state index contributed by atoms with van der Waals surface area (Å²) in [7, 11) is -3.51. The molecule has 7 heteroatoms. The molecule has 1 atom stereocenters. The van der Waals surface area contributed by atoms with Crippen molar-refractivity contribution in [1.29, 1.82) is 0 Å². The van der Waals surface area contributed by atoms with Crippen molar-refractivity contribution in [3.05, 3.63) is 59.2 Å². The van der Waals surface area contributed by atoms with Crippen LogP contribution in [-0.4, -0.2) is 32.7 Å². The molecule has 1 aliphatic rings. The van der Waals surface area contributed by atoms with Crippen molar-refractivity contribution in [2.24, 2.45) is 0 Å². The van der Waals surface area contributed by atoms with Crippen molar-refractivity contribution >= 4 is 21.6 Å². The number of hydrogen-bond acceptors (Lipinski definition) is 4. The van der Waals surface area contributed by atoms with Crippen LogP contribution in [0.2, 0.25) is 0 Å². The van der Waals surface area contributed by atoms with Crippen LogP contribution >= 0.6 is 0 Å². The largest absolute Gasteiger partial charge is 0.476 e. The number of amides is 1. The van der Waals surface area contributed by atoms with E-state index in [1.807, 2.05) is 0 Å². The number of benzene rings is 2. The quantitative estimate of drug-likeness (QED) is 0.753. The van der Waals surface area contributed by atoms with Gasteiger partial charge in [-0.25, -0.2) is 8.42 Å². The highest BCUT2D eigenvalue weighted by Crippen LogP contribution is 2.35. The predicted molar refractivity (Wildman–Crippen MR) is 115 cm³/mol. The van der Waals surface area contributed by atoms with Crippen LogP contribution in [0.1, 0.15) is 37.5 Å². The molecule has 1 amide bonds. The highest BCUT2D eigenvalue weighted by atomic mass is 32.2. The van der Waals surface area contributed by atoms with Gasteiger partial charge in [0.2, 0.25) is 10.0 Å². The van der Waals surface area contributed by atoms with E-state index in [9.17, 15) is 13.2 Å². The lowest BCUT2D eigenvalue weighted by atomic mass is 10.0. The zero-order valence-corrected chi connectivity index (χ0v) is 18.0. The number of sulfonamides is 1. The lowest BCUT2D eigenvalue weighted by molar-refractivity contribution is -0.127. The summed E-state index contributed by atoms with van der Waals surface area (Å²) in [4.78, 5) is 12.8. The molecule has 0 radical (unpaired) electrons. The summed E-state index contributed by atoms with van der Waals surface area (Å²) >= 11 is 0. The molecule has 1 aliphatic heterocycles. The zero-order valence-electron chi connectivity index (χ0n) is 17.1. The number of fused-ring (bicyclic) bond motifs is 1. The molecule has 0 bridgehead atoms. The van der Waals surface area contributed by atoms with Crippen LogP contribution in [0.4, 0.5) is 5.69 Å². The summed E-state index contributed by atoms with van der Waals surface area (Å²) in [6, 6.07) is 13.2. The van der Waals surface area contributed by atoms with Crippen LogP contribution in [-0.2, 0) is 34.2 Å². The van der Waals surface area contributed by atoms with E-state index < -0.39 is 16.1 Å². The standard InChI is InChI=1S/C22H28N2O4S/c1-4-16-11-12-17(5-2)18(13-16)14-23-22(25)21-15-24(29(26,27)6-3)19-9-7-8-10-20(19)28-21/h7-13,21H,4-6,14-15H2,1-3H3,(H,23,25). The number of ether oxygens (including phenoxy) is 1. The average molecular weight is 417 g/mol. The van der Waals surface area contributed by atoms with E-state index in [2.05, 4.69) is 37.4 Å². The normalized spacial score (nSPS) is 16.1. The second-order valence-electron chi connectivity index (χ2n) is 7.03. The van der Waals surface area contributed by atoms with Crippen LogP contribution in [0.3, 0.4) is 0 Å². The summed E-state index contributed by atoms with van der Waals surface area (Å²) in [6.07, 6.45) is 0.910. The summed E-state index contributed by atoms with van der Waals surface area (Å²) in [6.45, 7) is 6.13. The Labute approximate surface area is 172 Å². The van der Waals surface area contributed by atoms with Gasteiger partial charge in [-0.15, -0.1) is 0 Å². The lowest BCUT2D eigenvalue weighted by Crippen LogP contribution is -2.50. The van der Waals surface area contributed by atoms with Gasteiger partial charge in [-0.2, -0.15) is 0 Å². The molecule has 2 aromatic rings. The number of aryl methyl sites for hydroxylation is 2. The van der Waals surface area contributed by atoms with E-state index in [4.69, 9.17) is 4.74 Å². The Kier molecular flexibility index (Phi) is 6.47. The Morgan fingerprint density at radius 2 is 1.86 bits per heavy atom. The van der Waals surface area contributed by atoms with Gasteiger partial charge in [0.25, 0.3) is 5.91 Å². The van der Waals surface area contributed by atoms with Gasteiger partial charge in [0, 0.05) is 6.54 Å².